The first-order valence-corrected chi connectivity index (χ1v) is 8.52. The van der Waals surface area contributed by atoms with Crippen LogP contribution in [-0.4, -0.2) is 31.4 Å². The minimum Gasteiger partial charge on any atom is -0.335 e. The first kappa shape index (κ1) is 15.6. The standard InChI is InChI=1S/C19H20N4O2/c1-13-16(19(25)23-17(21-13)9-10-20-23)11-18(24)22(15-7-8-15)12-14-5-3-2-4-6-14/h2-6,9-10,15,20H,7-8,11-12H2,1H3. The molecule has 3 aromatic rings. The van der Waals surface area contributed by atoms with E-state index >= 15 is 0 Å². The van der Waals surface area contributed by atoms with Crippen molar-refractivity contribution in [2.24, 2.45) is 0 Å². The summed E-state index contributed by atoms with van der Waals surface area (Å²) in [5.74, 6) is -0.0140. The summed E-state index contributed by atoms with van der Waals surface area (Å²) in [5.41, 5.74) is 2.56. The number of amides is 1. The van der Waals surface area contributed by atoms with E-state index in [2.05, 4.69) is 10.1 Å². The minimum absolute atomic E-state index is 0.0140. The first-order chi connectivity index (χ1) is 12.1. The van der Waals surface area contributed by atoms with E-state index in [4.69, 9.17) is 0 Å². The number of nitrogens with zero attached hydrogens (tertiary/aromatic N) is 3. The van der Waals surface area contributed by atoms with Crippen LogP contribution in [0.15, 0.2) is 47.4 Å². The molecule has 1 saturated carbocycles. The average Bonchev–Trinajstić information content (AvgIpc) is 3.35. The van der Waals surface area contributed by atoms with Crippen molar-refractivity contribution in [3.8, 4) is 0 Å². The van der Waals surface area contributed by atoms with Gasteiger partial charge >= 0.3 is 0 Å². The molecule has 128 valence electrons. The van der Waals surface area contributed by atoms with Crippen LogP contribution in [0.25, 0.3) is 5.65 Å². The summed E-state index contributed by atoms with van der Waals surface area (Å²) in [4.78, 5) is 31.9. The number of fused-ring (bicyclic) bond motifs is 1. The van der Waals surface area contributed by atoms with Gasteiger partial charge in [0.1, 0.15) is 0 Å². The number of aryl methyl sites for hydroxylation is 1. The molecule has 2 heterocycles. The van der Waals surface area contributed by atoms with Crippen LogP contribution in [0.2, 0.25) is 0 Å². The predicted octanol–water partition coefficient (Wildman–Crippen LogP) is 2.06. The maximum atomic E-state index is 12.9. The van der Waals surface area contributed by atoms with Crippen LogP contribution in [0.3, 0.4) is 0 Å². The molecular formula is C19H20N4O2. The van der Waals surface area contributed by atoms with Gasteiger partial charge in [-0.3, -0.25) is 14.7 Å². The normalized spacial score (nSPS) is 14.0. The summed E-state index contributed by atoms with van der Waals surface area (Å²) in [7, 11) is 0. The quantitative estimate of drug-likeness (QED) is 0.775. The minimum atomic E-state index is -0.198. The smallest absolute Gasteiger partial charge is 0.276 e. The number of H-pyrrole nitrogens is 1. The molecule has 1 N–H and O–H groups in total. The van der Waals surface area contributed by atoms with Crippen LogP contribution in [0.1, 0.15) is 29.7 Å². The maximum absolute atomic E-state index is 12.9. The molecular weight excluding hydrogens is 316 g/mol. The number of hydrogen-bond donors (Lipinski definition) is 1. The number of aromatic amines is 1. The number of aromatic nitrogens is 3. The van der Waals surface area contributed by atoms with E-state index in [0.717, 1.165) is 18.4 Å². The van der Waals surface area contributed by atoms with Crippen LogP contribution in [0.5, 0.6) is 0 Å². The Hall–Kier alpha value is -2.89. The molecule has 0 spiro atoms. The lowest BCUT2D eigenvalue weighted by molar-refractivity contribution is -0.131. The molecule has 1 aliphatic rings. The third kappa shape index (κ3) is 3.07. The molecule has 0 saturated heterocycles. The van der Waals surface area contributed by atoms with Gasteiger partial charge in [0, 0.05) is 36.1 Å². The van der Waals surface area contributed by atoms with Crippen molar-refractivity contribution in [3.63, 3.8) is 0 Å². The number of benzene rings is 1. The highest BCUT2D eigenvalue weighted by atomic mass is 16.2. The lowest BCUT2D eigenvalue weighted by atomic mass is 10.1. The Balaban J connectivity index is 1.61. The van der Waals surface area contributed by atoms with Crippen molar-refractivity contribution >= 4 is 11.6 Å². The van der Waals surface area contributed by atoms with E-state index in [1.807, 2.05) is 35.2 Å². The second-order valence-electron chi connectivity index (χ2n) is 6.55. The van der Waals surface area contributed by atoms with E-state index in [9.17, 15) is 9.59 Å². The summed E-state index contributed by atoms with van der Waals surface area (Å²) in [6.45, 7) is 2.37. The van der Waals surface area contributed by atoms with Gasteiger partial charge in [-0.05, 0) is 25.3 Å². The zero-order valence-electron chi connectivity index (χ0n) is 14.1. The Kier molecular flexibility index (Phi) is 3.87. The second kappa shape index (κ2) is 6.20. The van der Waals surface area contributed by atoms with Crippen LogP contribution in [0.4, 0.5) is 0 Å². The van der Waals surface area contributed by atoms with Crippen LogP contribution < -0.4 is 5.56 Å². The highest BCUT2D eigenvalue weighted by molar-refractivity contribution is 5.79. The number of hydrogen-bond acceptors (Lipinski definition) is 3. The largest absolute Gasteiger partial charge is 0.335 e. The van der Waals surface area contributed by atoms with Crippen LogP contribution in [-0.2, 0) is 17.8 Å². The monoisotopic (exact) mass is 336 g/mol. The van der Waals surface area contributed by atoms with E-state index in [-0.39, 0.29) is 23.9 Å². The van der Waals surface area contributed by atoms with E-state index in [0.29, 0.717) is 23.4 Å². The second-order valence-corrected chi connectivity index (χ2v) is 6.55. The summed E-state index contributed by atoms with van der Waals surface area (Å²) in [6, 6.07) is 12.0. The van der Waals surface area contributed by atoms with E-state index < -0.39 is 0 Å². The average molecular weight is 336 g/mol. The van der Waals surface area contributed by atoms with Gasteiger partial charge in [0.05, 0.1) is 6.42 Å². The molecule has 1 fully saturated rings. The van der Waals surface area contributed by atoms with Gasteiger partial charge in [-0.25, -0.2) is 9.50 Å². The third-order valence-corrected chi connectivity index (χ3v) is 4.68. The van der Waals surface area contributed by atoms with Crippen LogP contribution in [0, 0.1) is 6.92 Å². The fourth-order valence-electron chi connectivity index (χ4n) is 3.15. The lowest BCUT2D eigenvalue weighted by Gasteiger charge is -2.23. The zero-order valence-corrected chi connectivity index (χ0v) is 14.1. The number of carbonyl (C=O) groups is 1. The topological polar surface area (TPSA) is 70.5 Å². The van der Waals surface area contributed by atoms with E-state index in [1.165, 1.54) is 4.52 Å². The summed E-state index contributed by atoms with van der Waals surface area (Å²) in [5, 5.41) is 2.85. The van der Waals surface area contributed by atoms with Gasteiger partial charge in [-0.15, -0.1) is 0 Å². The fraction of sp³-hybridized carbons (Fsp3) is 0.316. The Morgan fingerprint density at radius 1 is 1.28 bits per heavy atom. The molecule has 0 radical (unpaired) electrons. The SMILES string of the molecule is Cc1nc2cc[nH]n2c(=O)c1CC(=O)N(Cc1ccccc1)C1CC1. The highest BCUT2D eigenvalue weighted by Gasteiger charge is 2.33. The molecule has 25 heavy (non-hydrogen) atoms. The number of rotatable bonds is 5. The fourth-order valence-corrected chi connectivity index (χ4v) is 3.15. The number of carbonyl (C=O) groups excluding carboxylic acids is 1. The molecule has 0 bridgehead atoms. The molecule has 6 heteroatoms. The molecule has 0 atom stereocenters. The van der Waals surface area contributed by atoms with Gasteiger partial charge in [-0.1, -0.05) is 30.3 Å². The molecule has 6 nitrogen and oxygen atoms in total. The molecule has 0 aliphatic heterocycles. The van der Waals surface area contributed by atoms with Gasteiger partial charge in [0.15, 0.2) is 5.65 Å². The maximum Gasteiger partial charge on any atom is 0.276 e. The van der Waals surface area contributed by atoms with Crippen molar-refractivity contribution in [2.45, 2.75) is 38.8 Å². The molecule has 1 aliphatic carbocycles. The molecule has 2 aromatic heterocycles. The first-order valence-electron chi connectivity index (χ1n) is 8.52. The van der Waals surface area contributed by atoms with Crippen molar-refractivity contribution in [1.29, 1.82) is 0 Å². The molecule has 1 amide bonds. The highest BCUT2D eigenvalue weighted by Crippen LogP contribution is 2.29. The van der Waals surface area contributed by atoms with E-state index in [1.54, 1.807) is 19.2 Å². The molecule has 0 unspecified atom stereocenters. The van der Waals surface area contributed by atoms with Gasteiger partial charge in [0.25, 0.3) is 5.56 Å². The Labute approximate surface area is 145 Å². The molecule has 4 rings (SSSR count). The van der Waals surface area contributed by atoms with Crippen molar-refractivity contribution in [3.05, 3.63) is 69.8 Å². The summed E-state index contributed by atoms with van der Waals surface area (Å²) >= 11 is 0. The molecule has 1 aromatic carbocycles. The van der Waals surface area contributed by atoms with Crippen molar-refractivity contribution in [1.82, 2.24) is 19.5 Å². The summed E-state index contributed by atoms with van der Waals surface area (Å²) < 4.78 is 1.38. The predicted molar refractivity (Wildman–Crippen MR) is 94.3 cm³/mol. The van der Waals surface area contributed by atoms with Gasteiger partial charge in [-0.2, -0.15) is 0 Å². The van der Waals surface area contributed by atoms with Crippen LogP contribution >= 0.6 is 0 Å². The van der Waals surface area contributed by atoms with Gasteiger partial charge in [0.2, 0.25) is 5.91 Å². The lowest BCUT2D eigenvalue weighted by Crippen LogP contribution is -2.36. The Bertz CT molecular complexity index is 970. The third-order valence-electron chi connectivity index (χ3n) is 4.68. The van der Waals surface area contributed by atoms with Crippen molar-refractivity contribution < 1.29 is 4.79 Å². The number of nitrogens with one attached hydrogen (secondary N) is 1. The van der Waals surface area contributed by atoms with Crippen molar-refractivity contribution in [2.75, 3.05) is 0 Å². The van der Waals surface area contributed by atoms with Gasteiger partial charge < -0.3 is 4.90 Å². The summed E-state index contributed by atoms with van der Waals surface area (Å²) in [6.07, 6.45) is 3.82. The Morgan fingerprint density at radius 2 is 2.04 bits per heavy atom. The zero-order chi connectivity index (χ0) is 17.4. The Morgan fingerprint density at radius 3 is 2.76 bits per heavy atom.